The molecule has 5 nitrogen and oxygen atoms in total. The minimum absolute atomic E-state index is 0.0472. The molecule has 2 rings (SSSR count). The van der Waals surface area contributed by atoms with E-state index in [1.807, 2.05) is 6.92 Å². The minimum atomic E-state index is -0.461. The number of hydrogen-bond donors (Lipinski definition) is 1. The Balaban J connectivity index is 2.22. The Hall–Kier alpha value is -1.33. The molecule has 6 heteroatoms. The van der Waals surface area contributed by atoms with Gasteiger partial charge in [-0.3, -0.25) is 10.1 Å². The Kier molecular flexibility index (Phi) is 4.27. The zero-order valence-electron chi connectivity index (χ0n) is 10.8. The molecule has 1 unspecified atom stereocenters. The SMILES string of the molecule is Cc1cc([N+](=O)[O-])c(Cl)cc1N1CCC(CCO)C1. The van der Waals surface area contributed by atoms with Crippen molar-refractivity contribution in [1.82, 2.24) is 0 Å². The lowest BCUT2D eigenvalue weighted by molar-refractivity contribution is -0.384. The molecular formula is C13H17ClN2O3. The fourth-order valence-electron chi connectivity index (χ4n) is 2.61. The summed E-state index contributed by atoms with van der Waals surface area (Å²) in [7, 11) is 0. The van der Waals surface area contributed by atoms with Gasteiger partial charge in [0.25, 0.3) is 5.69 Å². The van der Waals surface area contributed by atoms with Crippen molar-refractivity contribution >= 4 is 23.0 Å². The molecule has 1 aliphatic heterocycles. The predicted octanol–water partition coefficient (Wildman–Crippen LogP) is 2.77. The fourth-order valence-corrected chi connectivity index (χ4v) is 2.83. The van der Waals surface area contributed by atoms with Gasteiger partial charge in [-0.15, -0.1) is 0 Å². The largest absolute Gasteiger partial charge is 0.396 e. The first-order chi connectivity index (χ1) is 9.02. The molecule has 0 bridgehead atoms. The third-order valence-electron chi connectivity index (χ3n) is 3.63. The Morgan fingerprint density at radius 2 is 2.32 bits per heavy atom. The van der Waals surface area contributed by atoms with Crippen molar-refractivity contribution in [1.29, 1.82) is 0 Å². The highest BCUT2D eigenvalue weighted by Crippen LogP contribution is 2.35. The van der Waals surface area contributed by atoms with Crippen LogP contribution >= 0.6 is 11.6 Å². The van der Waals surface area contributed by atoms with Crippen molar-refractivity contribution in [2.75, 3.05) is 24.6 Å². The van der Waals surface area contributed by atoms with E-state index in [4.69, 9.17) is 16.7 Å². The number of benzene rings is 1. The van der Waals surface area contributed by atoms with Crippen LogP contribution in [0.25, 0.3) is 0 Å². The number of nitrogens with zero attached hydrogens (tertiary/aromatic N) is 2. The number of hydrogen-bond acceptors (Lipinski definition) is 4. The Bertz CT molecular complexity index is 493. The van der Waals surface area contributed by atoms with Gasteiger partial charge in [-0.25, -0.2) is 0 Å². The van der Waals surface area contributed by atoms with E-state index in [-0.39, 0.29) is 17.3 Å². The summed E-state index contributed by atoms with van der Waals surface area (Å²) < 4.78 is 0. The Morgan fingerprint density at radius 3 is 2.95 bits per heavy atom. The number of anilines is 1. The van der Waals surface area contributed by atoms with E-state index in [9.17, 15) is 10.1 Å². The van der Waals surface area contributed by atoms with Crippen LogP contribution in [0.1, 0.15) is 18.4 Å². The summed E-state index contributed by atoms with van der Waals surface area (Å²) in [6.45, 7) is 3.84. The van der Waals surface area contributed by atoms with Gasteiger partial charge in [-0.1, -0.05) is 11.6 Å². The summed E-state index contributed by atoms with van der Waals surface area (Å²) in [5.41, 5.74) is 1.77. The third-order valence-corrected chi connectivity index (χ3v) is 3.93. The highest BCUT2D eigenvalue weighted by atomic mass is 35.5. The van der Waals surface area contributed by atoms with Gasteiger partial charge in [-0.2, -0.15) is 0 Å². The molecule has 1 aliphatic rings. The Morgan fingerprint density at radius 1 is 1.58 bits per heavy atom. The summed E-state index contributed by atoms with van der Waals surface area (Å²) in [6, 6.07) is 3.20. The lowest BCUT2D eigenvalue weighted by Gasteiger charge is -2.21. The molecule has 0 saturated carbocycles. The average Bonchev–Trinajstić information content (AvgIpc) is 2.80. The van der Waals surface area contributed by atoms with E-state index in [2.05, 4.69) is 4.90 Å². The van der Waals surface area contributed by atoms with Gasteiger partial charge in [0.1, 0.15) is 5.02 Å². The zero-order chi connectivity index (χ0) is 14.0. The highest BCUT2D eigenvalue weighted by molar-refractivity contribution is 6.33. The van der Waals surface area contributed by atoms with E-state index in [1.165, 1.54) is 6.07 Å². The molecule has 0 radical (unpaired) electrons. The molecule has 1 N–H and O–H groups in total. The van der Waals surface area contributed by atoms with Crippen molar-refractivity contribution in [3.05, 3.63) is 32.8 Å². The number of aliphatic hydroxyl groups excluding tert-OH is 1. The second kappa shape index (κ2) is 5.75. The molecule has 0 aliphatic carbocycles. The van der Waals surface area contributed by atoms with Crippen molar-refractivity contribution in [3.8, 4) is 0 Å². The molecular weight excluding hydrogens is 268 g/mol. The van der Waals surface area contributed by atoms with Gasteiger partial charge in [0.15, 0.2) is 0 Å². The van der Waals surface area contributed by atoms with Gasteiger partial charge in [0.2, 0.25) is 0 Å². The Labute approximate surface area is 116 Å². The predicted molar refractivity (Wildman–Crippen MR) is 74.9 cm³/mol. The second-order valence-corrected chi connectivity index (χ2v) is 5.37. The molecule has 19 heavy (non-hydrogen) atoms. The normalized spacial score (nSPS) is 18.9. The number of halogens is 1. The lowest BCUT2D eigenvalue weighted by atomic mass is 10.1. The van der Waals surface area contributed by atoms with Crippen LogP contribution in [0.15, 0.2) is 12.1 Å². The van der Waals surface area contributed by atoms with Gasteiger partial charge in [0, 0.05) is 31.5 Å². The molecule has 0 amide bonds. The van der Waals surface area contributed by atoms with Crippen molar-refractivity contribution in [2.45, 2.75) is 19.8 Å². The van der Waals surface area contributed by atoms with Crippen molar-refractivity contribution < 1.29 is 10.0 Å². The van der Waals surface area contributed by atoms with Gasteiger partial charge < -0.3 is 10.0 Å². The smallest absolute Gasteiger partial charge is 0.288 e. The van der Waals surface area contributed by atoms with Crippen LogP contribution in [-0.2, 0) is 0 Å². The van der Waals surface area contributed by atoms with Crippen molar-refractivity contribution in [2.24, 2.45) is 5.92 Å². The first-order valence-electron chi connectivity index (χ1n) is 6.33. The highest BCUT2D eigenvalue weighted by Gasteiger charge is 2.25. The van der Waals surface area contributed by atoms with E-state index >= 15 is 0 Å². The summed E-state index contributed by atoms with van der Waals surface area (Å²) in [5, 5.41) is 20.0. The molecule has 0 aromatic heterocycles. The summed E-state index contributed by atoms with van der Waals surface area (Å²) >= 11 is 5.96. The van der Waals surface area contributed by atoms with Crippen LogP contribution in [0, 0.1) is 23.0 Å². The molecule has 1 aromatic rings. The van der Waals surface area contributed by atoms with Crippen LogP contribution in [0.4, 0.5) is 11.4 Å². The zero-order valence-corrected chi connectivity index (χ0v) is 11.6. The summed E-state index contributed by atoms with van der Waals surface area (Å²) in [6.07, 6.45) is 1.84. The molecule has 1 atom stereocenters. The van der Waals surface area contributed by atoms with Crippen LogP contribution in [-0.4, -0.2) is 29.7 Å². The molecule has 1 aromatic carbocycles. The topological polar surface area (TPSA) is 66.6 Å². The van der Waals surface area contributed by atoms with Gasteiger partial charge >= 0.3 is 0 Å². The quantitative estimate of drug-likeness (QED) is 0.682. The number of nitro groups is 1. The number of aryl methyl sites for hydroxylation is 1. The van der Waals surface area contributed by atoms with E-state index < -0.39 is 4.92 Å². The summed E-state index contributed by atoms with van der Waals surface area (Å²) in [5.74, 6) is 0.485. The first-order valence-corrected chi connectivity index (χ1v) is 6.71. The maximum Gasteiger partial charge on any atom is 0.288 e. The van der Waals surface area contributed by atoms with Gasteiger partial charge in [0.05, 0.1) is 4.92 Å². The summed E-state index contributed by atoms with van der Waals surface area (Å²) in [4.78, 5) is 12.5. The molecule has 1 fully saturated rings. The lowest BCUT2D eigenvalue weighted by Crippen LogP contribution is -2.21. The maximum atomic E-state index is 10.8. The number of rotatable bonds is 4. The standard InChI is InChI=1S/C13H17ClN2O3/c1-9-6-13(16(18)19)11(14)7-12(9)15-4-2-10(8-15)3-5-17/h6-7,10,17H,2-5,8H2,1H3. The van der Waals surface area contributed by atoms with Crippen LogP contribution in [0.5, 0.6) is 0 Å². The van der Waals surface area contributed by atoms with Crippen LogP contribution in [0.3, 0.4) is 0 Å². The first kappa shape index (κ1) is 14.1. The van der Waals surface area contributed by atoms with Gasteiger partial charge in [-0.05, 0) is 37.3 Å². The molecule has 104 valence electrons. The number of aliphatic hydroxyl groups is 1. The monoisotopic (exact) mass is 284 g/mol. The molecule has 1 heterocycles. The third kappa shape index (κ3) is 2.98. The van der Waals surface area contributed by atoms with E-state index in [0.717, 1.165) is 37.2 Å². The molecule has 1 saturated heterocycles. The number of nitro benzene ring substituents is 1. The molecule has 0 spiro atoms. The average molecular weight is 285 g/mol. The van der Waals surface area contributed by atoms with Crippen LogP contribution < -0.4 is 4.90 Å². The van der Waals surface area contributed by atoms with E-state index in [0.29, 0.717) is 5.92 Å². The second-order valence-electron chi connectivity index (χ2n) is 4.96. The van der Waals surface area contributed by atoms with E-state index in [1.54, 1.807) is 6.07 Å². The minimum Gasteiger partial charge on any atom is -0.396 e. The fraction of sp³-hybridized carbons (Fsp3) is 0.538. The maximum absolute atomic E-state index is 10.8. The van der Waals surface area contributed by atoms with Crippen LogP contribution in [0.2, 0.25) is 5.02 Å². The van der Waals surface area contributed by atoms with Crippen molar-refractivity contribution in [3.63, 3.8) is 0 Å².